The summed E-state index contributed by atoms with van der Waals surface area (Å²) in [5, 5.41) is 6.80. The summed E-state index contributed by atoms with van der Waals surface area (Å²) in [6.45, 7) is 9.78. The van der Waals surface area contributed by atoms with Crippen LogP contribution in [0.1, 0.15) is 72.1 Å². The number of rotatable bonds is 7. The summed E-state index contributed by atoms with van der Waals surface area (Å²) in [7, 11) is 1.80. The zero-order chi connectivity index (χ0) is 21.1. The molecule has 168 valence electrons. The number of carbonyl (C=O) groups excluding carboxylic acids is 1. The predicted octanol–water partition coefficient (Wildman–Crippen LogP) is 3.54. The van der Waals surface area contributed by atoms with E-state index in [2.05, 4.69) is 15.6 Å². The lowest BCUT2D eigenvalue weighted by Crippen LogP contribution is -2.45. The Balaban J connectivity index is 1.54. The highest BCUT2D eigenvalue weighted by Gasteiger charge is 2.26. The monoisotopic (exact) mass is 410 g/mol. The standard InChI is InChI=1S/C22H42N4O3/c1-22(2,3)29-21(27)26-14-11-18(12-15-26)17-25-20(23-4)24-13-8-16-28-19-9-6-5-7-10-19/h18-19H,5-17H2,1-4H3,(H2,23,24,25). The number of hydrogen-bond acceptors (Lipinski definition) is 4. The van der Waals surface area contributed by atoms with Crippen LogP contribution in [0, 0.1) is 5.92 Å². The van der Waals surface area contributed by atoms with Gasteiger partial charge in [-0.2, -0.15) is 0 Å². The summed E-state index contributed by atoms with van der Waals surface area (Å²) >= 11 is 0. The fourth-order valence-electron chi connectivity index (χ4n) is 3.87. The zero-order valence-electron chi connectivity index (χ0n) is 19.0. The molecule has 0 aromatic carbocycles. The first-order chi connectivity index (χ1) is 13.9. The lowest BCUT2D eigenvalue weighted by molar-refractivity contribution is 0.0185. The maximum atomic E-state index is 12.2. The van der Waals surface area contributed by atoms with Crippen LogP contribution in [0.25, 0.3) is 0 Å². The molecule has 1 aliphatic carbocycles. The summed E-state index contributed by atoms with van der Waals surface area (Å²) in [5.74, 6) is 1.39. The molecule has 1 heterocycles. The van der Waals surface area contributed by atoms with Crippen molar-refractivity contribution in [3.8, 4) is 0 Å². The van der Waals surface area contributed by atoms with Crippen molar-refractivity contribution in [2.45, 2.75) is 83.8 Å². The van der Waals surface area contributed by atoms with Crippen LogP contribution < -0.4 is 10.6 Å². The van der Waals surface area contributed by atoms with Crippen LogP contribution in [0.5, 0.6) is 0 Å². The molecule has 2 fully saturated rings. The Labute approximate surface area is 177 Å². The van der Waals surface area contributed by atoms with Crippen molar-refractivity contribution in [2.75, 3.05) is 39.8 Å². The van der Waals surface area contributed by atoms with Gasteiger partial charge in [0.05, 0.1) is 6.10 Å². The minimum Gasteiger partial charge on any atom is -0.444 e. The SMILES string of the molecule is CN=C(NCCCOC1CCCCC1)NCC1CCN(C(=O)OC(C)(C)C)CC1. The van der Waals surface area contributed by atoms with E-state index in [-0.39, 0.29) is 6.09 Å². The quantitative estimate of drug-likeness (QED) is 0.381. The summed E-state index contributed by atoms with van der Waals surface area (Å²) in [4.78, 5) is 18.3. The molecule has 0 unspecified atom stereocenters. The number of hydrogen-bond donors (Lipinski definition) is 2. The van der Waals surface area contributed by atoms with Crippen molar-refractivity contribution in [3.63, 3.8) is 0 Å². The summed E-state index contributed by atoms with van der Waals surface area (Å²) < 4.78 is 11.4. The number of aliphatic imine (C=N–C) groups is 1. The molecule has 0 aromatic heterocycles. The second kappa shape index (κ2) is 12.3. The van der Waals surface area contributed by atoms with Crippen molar-refractivity contribution >= 4 is 12.1 Å². The molecule has 2 aliphatic rings. The van der Waals surface area contributed by atoms with E-state index in [9.17, 15) is 4.79 Å². The second-order valence-corrected chi connectivity index (χ2v) is 9.28. The minimum atomic E-state index is -0.435. The second-order valence-electron chi connectivity index (χ2n) is 9.28. The number of nitrogens with one attached hydrogen (secondary N) is 2. The minimum absolute atomic E-state index is 0.197. The molecule has 1 aliphatic heterocycles. The normalized spacial score (nSPS) is 19.9. The Morgan fingerprint density at radius 3 is 2.38 bits per heavy atom. The van der Waals surface area contributed by atoms with Gasteiger partial charge in [-0.05, 0) is 58.8 Å². The number of guanidine groups is 1. The topological polar surface area (TPSA) is 75.2 Å². The molecule has 1 saturated heterocycles. The molecule has 2 N–H and O–H groups in total. The average Bonchev–Trinajstić information content (AvgIpc) is 2.70. The average molecular weight is 411 g/mol. The molecule has 7 heteroatoms. The van der Waals surface area contributed by atoms with Gasteiger partial charge < -0.3 is 25.0 Å². The lowest BCUT2D eigenvalue weighted by atomic mass is 9.97. The number of amides is 1. The molecule has 0 spiro atoms. The predicted molar refractivity (Wildman–Crippen MR) is 117 cm³/mol. The first-order valence-electron chi connectivity index (χ1n) is 11.4. The van der Waals surface area contributed by atoms with Crippen LogP contribution in [0.2, 0.25) is 0 Å². The number of likely N-dealkylation sites (tertiary alicyclic amines) is 1. The van der Waals surface area contributed by atoms with Crippen LogP contribution in [-0.4, -0.2) is 68.5 Å². The summed E-state index contributed by atoms with van der Waals surface area (Å²) in [5.41, 5.74) is -0.435. The molecule has 0 radical (unpaired) electrons. The van der Waals surface area contributed by atoms with Crippen molar-refractivity contribution in [1.82, 2.24) is 15.5 Å². The van der Waals surface area contributed by atoms with Crippen molar-refractivity contribution in [1.29, 1.82) is 0 Å². The van der Waals surface area contributed by atoms with Gasteiger partial charge in [-0.25, -0.2) is 4.79 Å². The van der Waals surface area contributed by atoms with Crippen LogP contribution in [-0.2, 0) is 9.47 Å². The Morgan fingerprint density at radius 2 is 1.76 bits per heavy atom. The van der Waals surface area contributed by atoms with Gasteiger partial charge in [-0.1, -0.05) is 19.3 Å². The van der Waals surface area contributed by atoms with Crippen LogP contribution in [0.4, 0.5) is 4.79 Å². The van der Waals surface area contributed by atoms with Crippen molar-refractivity contribution in [2.24, 2.45) is 10.9 Å². The Hall–Kier alpha value is -1.50. The third kappa shape index (κ3) is 9.70. The van der Waals surface area contributed by atoms with Gasteiger partial charge in [0.15, 0.2) is 5.96 Å². The molecular formula is C22H42N4O3. The molecule has 0 bridgehead atoms. The lowest BCUT2D eigenvalue weighted by Gasteiger charge is -2.33. The largest absolute Gasteiger partial charge is 0.444 e. The Morgan fingerprint density at radius 1 is 1.07 bits per heavy atom. The maximum Gasteiger partial charge on any atom is 0.410 e. The fourth-order valence-corrected chi connectivity index (χ4v) is 3.87. The van der Waals surface area contributed by atoms with Crippen LogP contribution in [0.3, 0.4) is 0 Å². The highest BCUT2D eigenvalue weighted by molar-refractivity contribution is 5.79. The Kier molecular flexibility index (Phi) is 10.0. The molecule has 0 aromatic rings. The van der Waals surface area contributed by atoms with Crippen molar-refractivity contribution < 1.29 is 14.3 Å². The van der Waals surface area contributed by atoms with Gasteiger partial charge in [0.25, 0.3) is 0 Å². The molecule has 1 saturated carbocycles. The molecular weight excluding hydrogens is 368 g/mol. The van der Waals surface area contributed by atoms with Gasteiger partial charge in [0, 0.05) is 39.8 Å². The summed E-state index contributed by atoms with van der Waals surface area (Å²) in [6, 6.07) is 0. The van der Waals surface area contributed by atoms with Gasteiger partial charge in [-0.15, -0.1) is 0 Å². The number of ether oxygens (including phenoxy) is 2. The van der Waals surface area contributed by atoms with E-state index in [1.807, 2.05) is 25.7 Å². The van der Waals surface area contributed by atoms with Gasteiger partial charge in [-0.3, -0.25) is 4.99 Å². The number of piperidine rings is 1. The first kappa shape index (κ1) is 23.8. The van der Waals surface area contributed by atoms with E-state index in [1.54, 1.807) is 7.05 Å². The van der Waals surface area contributed by atoms with Gasteiger partial charge in [0.1, 0.15) is 5.60 Å². The van der Waals surface area contributed by atoms with Gasteiger partial charge >= 0.3 is 6.09 Å². The first-order valence-corrected chi connectivity index (χ1v) is 11.4. The third-order valence-corrected chi connectivity index (χ3v) is 5.57. The maximum absolute atomic E-state index is 12.2. The molecule has 1 amide bonds. The van der Waals surface area contributed by atoms with E-state index in [0.29, 0.717) is 12.0 Å². The molecule has 2 rings (SSSR count). The smallest absolute Gasteiger partial charge is 0.410 e. The zero-order valence-corrected chi connectivity index (χ0v) is 19.0. The van der Waals surface area contributed by atoms with Gasteiger partial charge in [0.2, 0.25) is 0 Å². The summed E-state index contributed by atoms with van der Waals surface area (Å²) in [6.07, 6.45) is 9.69. The highest BCUT2D eigenvalue weighted by Crippen LogP contribution is 2.20. The van der Waals surface area contributed by atoms with E-state index in [1.165, 1.54) is 32.1 Å². The number of carbonyl (C=O) groups is 1. The van der Waals surface area contributed by atoms with E-state index >= 15 is 0 Å². The molecule has 29 heavy (non-hydrogen) atoms. The Bertz CT molecular complexity index is 505. The molecule has 0 atom stereocenters. The van der Waals surface area contributed by atoms with E-state index < -0.39 is 5.60 Å². The molecule has 7 nitrogen and oxygen atoms in total. The van der Waals surface area contributed by atoms with Crippen LogP contribution >= 0.6 is 0 Å². The fraction of sp³-hybridized carbons (Fsp3) is 0.909. The van der Waals surface area contributed by atoms with E-state index in [0.717, 1.165) is 58.0 Å². The van der Waals surface area contributed by atoms with Crippen molar-refractivity contribution in [3.05, 3.63) is 0 Å². The highest BCUT2D eigenvalue weighted by atomic mass is 16.6. The number of nitrogens with zero attached hydrogens (tertiary/aromatic N) is 2. The van der Waals surface area contributed by atoms with Crippen LogP contribution in [0.15, 0.2) is 4.99 Å². The van der Waals surface area contributed by atoms with E-state index in [4.69, 9.17) is 9.47 Å². The third-order valence-electron chi connectivity index (χ3n) is 5.57.